The number of urea groups is 1. The number of nitro groups is 1. The van der Waals surface area contributed by atoms with Gasteiger partial charge in [-0.3, -0.25) is 10.1 Å². The number of nitrogens with zero attached hydrogens (tertiary/aromatic N) is 1. The molecule has 11 nitrogen and oxygen atoms in total. The van der Waals surface area contributed by atoms with Crippen molar-refractivity contribution in [2.24, 2.45) is 0 Å². The fourth-order valence-corrected chi connectivity index (χ4v) is 2.94. The number of ether oxygens (including phenoxy) is 4. The molecule has 2 rings (SSSR count). The quantitative estimate of drug-likeness (QED) is 0.292. The van der Waals surface area contributed by atoms with Crippen LogP contribution in [0.5, 0.6) is 17.2 Å². The number of hydrogen-bond donors (Lipinski definition) is 2. The van der Waals surface area contributed by atoms with Crippen molar-refractivity contribution < 1.29 is 33.5 Å². The van der Waals surface area contributed by atoms with E-state index in [9.17, 15) is 19.7 Å². The summed E-state index contributed by atoms with van der Waals surface area (Å²) in [5, 5.41) is 16.6. The Bertz CT molecular complexity index is 1010. The molecular formula is C22H27N3O8. The van der Waals surface area contributed by atoms with E-state index in [2.05, 4.69) is 10.6 Å². The van der Waals surface area contributed by atoms with E-state index in [4.69, 9.17) is 18.9 Å². The van der Waals surface area contributed by atoms with Gasteiger partial charge in [0.1, 0.15) is 17.1 Å². The SMILES string of the molecule is CCOc1cc([N+](=O)[O-])c(OCC)cc1CNC(=O)Nc1ccc(OCC)c(C(=O)OC)c1. The summed E-state index contributed by atoms with van der Waals surface area (Å²) < 4.78 is 21.1. The van der Waals surface area contributed by atoms with Crippen molar-refractivity contribution in [3.63, 3.8) is 0 Å². The van der Waals surface area contributed by atoms with E-state index in [-0.39, 0.29) is 42.5 Å². The predicted molar refractivity (Wildman–Crippen MR) is 120 cm³/mol. The second kappa shape index (κ2) is 12.1. The highest BCUT2D eigenvalue weighted by molar-refractivity contribution is 5.96. The average molecular weight is 461 g/mol. The van der Waals surface area contributed by atoms with Crippen LogP contribution in [0, 0.1) is 10.1 Å². The molecule has 2 amide bonds. The van der Waals surface area contributed by atoms with Gasteiger partial charge in [-0.1, -0.05) is 0 Å². The molecular weight excluding hydrogens is 434 g/mol. The summed E-state index contributed by atoms with van der Waals surface area (Å²) in [5.41, 5.74) is 0.800. The minimum atomic E-state index is -0.599. The zero-order chi connectivity index (χ0) is 24.4. The van der Waals surface area contributed by atoms with Crippen molar-refractivity contribution in [1.82, 2.24) is 5.32 Å². The van der Waals surface area contributed by atoms with Gasteiger partial charge in [0.25, 0.3) is 0 Å². The maximum Gasteiger partial charge on any atom is 0.341 e. The zero-order valence-corrected chi connectivity index (χ0v) is 18.9. The molecule has 0 aliphatic carbocycles. The molecule has 2 aromatic rings. The van der Waals surface area contributed by atoms with E-state index >= 15 is 0 Å². The van der Waals surface area contributed by atoms with Crippen molar-refractivity contribution in [2.45, 2.75) is 27.3 Å². The molecule has 2 aromatic carbocycles. The number of rotatable bonds is 11. The fourth-order valence-electron chi connectivity index (χ4n) is 2.94. The van der Waals surface area contributed by atoms with Gasteiger partial charge in [0.15, 0.2) is 5.75 Å². The van der Waals surface area contributed by atoms with Crippen molar-refractivity contribution in [2.75, 3.05) is 32.2 Å². The fraction of sp³-hybridized carbons (Fsp3) is 0.364. The van der Waals surface area contributed by atoms with E-state index in [1.54, 1.807) is 32.9 Å². The Labute approximate surface area is 191 Å². The molecule has 0 atom stereocenters. The largest absolute Gasteiger partial charge is 0.493 e. The van der Waals surface area contributed by atoms with Gasteiger partial charge in [0, 0.05) is 17.8 Å². The average Bonchev–Trinajstić information content (AvgIpc) is 2.79. The second-order valence-electron chi connectivity index (χ2n) is 6.49. The molecule has 11 heteroatoms. The van der Waals surface area contributed by atoms with Crippen LogP contribution in [0.25, 0.3) is 0 Å². The molecule has 0 radical (unpaired) electrons. The Balaban J connectivity index is 2.19. The van der Waals surface area contributed by atoms with Gasteiger partial charge in [0.2, 0.25) is 0 Å². The molecule has 0 aromatic heterocycles. The summed E-state index contributed by atoms with van der Waals surface area (Å²) in [6.45, 7) is 6.14. The Hall–Kier alpha value is -4.02. The van der Waals surface area contributed by atoms with E-state index in [0.717, 1.165) is 0 Å². The maximum absolute atomic E-state index is 12.5. The lowest BCUT2D eigenvalue weighted by Crippen LogP contribution is -2.28. The first-order valence-electron chi connectivity index (χ1n) is 10.3. The Kier molecular flexibility index (Phi) is 9.28. The van der Waals surface area contributed by atoms with Crippen LogP contribution < -0.4 is 24.8 Å². The third-order valence-electron chi connectivity index (χ3n) is 4.32. The predicted octanol–water partition coefficient (Wildman–Crippen LogP) is 3.90. The van der Waals surface area contributed by atoms with E-state index in [1.165, 1.54) is 25.3 Å². The van der Waals surface area contributed by atoms with Crippen LogP contribution in [0.3, 0.4) is 0 Å². The van der Waals surface area contributed by atoms with Gasteiger partial charge in [-0.15, -0.1) is 0 Å². The molecule has 0 saturated carbocycles. The molecule has 0 saturated heterocycles. The number of benzene rings is 2. The summed E-state index contributed by atoms with van der Waals surface area (Å²) in [6.07, 6.45) is 0. The summed E-state index contributed by atoms with van der Waals surface area (Å²) in [4.78, 5) is 35.3. The van der Waals surface area contributed by atoms with Gasteiger partial charge in [-0.25, -0.2) is 9.59 Å². The van der Waals surface area contributed by atoms with Crippen molar-refractivity contribution in [1.29, 1.82) is 0 Å². The molecule has 33 heavy (non-hydrogen) atoms. The monoisotopic (exact) mass is 461 g/mol. The molecule has 0 heterocycles. The standard InChI is InChI=1S/C22H27N3O8/c1-5-31-18-9-8-15(11-16(18)21(26)30-4)24-22(27)23-13-14-10-20(33-7-3)17(25(28)29)12-19(14)32-6-2/h8-12H,5-7,13H2,1-4H3,(H2,23,24,27). The second-order valence-corrected chi connectivity index (χ2v) is 6.49. The van der Waals surface area contributed by atoms with Crippen molar-refractivity contribution in [3.05, 3.63) is 51.6 Å². The highest BCUT2D eigenvalue weighted by Crippen LogP contribution is 2.35. The third kappa shape index (κ3) is 6.73. The molecule has 0 fully saturated rings. The van der Waals surface area contributed by atoms with Crippen molar-refractivity contribution in [3.8, 4) is 17.2 Å². The number of nitro benzene ring substituents is 1. The topological polar surface area (TPSA) is 138 Å². The van der Waals surface area contributed by atoms with Crippen LogP contribution >= 0.6 is 0 Å². The number of methoxy groups -OCH3 is 1. The molecule has 2 N–H and O–H groups in total. The van der Waals surface area contributed by atoms with Gasteiger partial charge in [0.05, 0.1) is 37.9 Å². The lowest BCUT2D eigenvalue weighted by molar-refractivity contribution is -0.385. The minimum absolute atomic E-state index is 0.0140. The normalized spacial score (nSPS) is 10.2. The summed E-state index contributed by atoms with van der Waals surface area (Å²) in [5.74, 6) is 0.0867. The first-order chi connectivity index (χ1) is 15.8. The van der Waals surface area contributed by atoms with Crippen LogP contribution in [0.1, 0.15) is 36.7 Å². The van der Waals surface area contributed by atoms with Crippen LogP contribution in [-0.2, 0) is 11.3 Å². The molecule has 178 valence electrons. The van der Waals surface area contributed by atoms with E-state index in [1.807, 2.05) is 0 Å². The van der Waals surface area contributed by atoms with E-state index < -0.39 is 16.9 Å². The molecule has 0 aliphatic rings. The molecule has 0 bridgehead atoms. The number of amides is 2. The number of hydrogen-bond acceptors (Lipinski definition) is 8. The number of carbonyl (C=O) groups is 2. The molecule has 0 aliphatic heterocycles. The summed E-state index contributed by atoms with van der Waals surface area (Å²) >= 11 is 0. The zero-order valence-electron chi connectivity index (χ0n) is 18.9. The number of anilines is 1. The number of esters is 1. The van der Waals surface area contributed by atoms with Gasteiger partial charge < -0.3 is 29.6 Å². The molecule has 0 unspecified atom stereocenters. The number of carbonyl (C=O) groups excluding carboxylic acids is 2. The smallest absolute Gasteiger partial charge is 0.341 e. The Morgan fingerprint density at radius 3 is 2.18 bits per heavy atom. The molecule has 0 spiro atoms. The highest BCUT2D eigenvalue weighted by Gasteiger charge is 2.21. The minimum Gasteiger partial charge on any atom is -0.493 e. The van der Waals surface area contributed by atoms with E-state index in [0.29, 0.717) is 23.6 Å². The maximum atomic E-state index is 12.5. The summed E-state index contributed by atoms with van der Waals surface area (Å²) in [7, 11) is 1.25. The third-order valence-corrected chi connectivity index (χ3v) is 4.32. The highest BCUT2D eigenvalue weighted by atomic mass is 16.6. The Morgan fingerprint density at radius 2 is 1.58 bits per heavy atom. The van der Waals surface area contributed by atoms with Gasteiger partial charge >= 0.3 is 17.7 Å². The Morgan fingerprint density at radius 1 is 0.939 bits per heavy atom. The summed E-state index contributed by atoms with van der Waals surface area (Å²) in [6, 6.07) is 6.78. The number of nitrogens with one attached hydrogen (secondary N) is 2. The lowest BCUT2D eigenvalue weighted by Gasteiger charge is -2.15. The van der Waals surface area contributed by atoms with Gasteiger partial charge in [-0.05, 0) is 45.0 Å². The van der Waals surface area contributed by atoms with Crippen LogP contribution in [0.2, 0.25) is 0 Å². The first-order valence-corrected chi connectivity index (χ1v) is 10.3. The first kappa shape index (κ1) is 25.2. The lowest BCUT2D eigenvalue weighted by atomic mass is 10.1. The van der Waals surface area contributed by atoms with Crippen molar-refractivity contribution >= 4 is 23.4 Å². The van der Waals surface area contributed by atoms with Crippen LogP contribution in [0.4, 0.5) is 16.2 Å². The van der Waals surface area contributed by atoms with Crippen LogP contribution in [0.15, 0.2) is 30.3 Å². The van der Waals surface area contributed by atoms with Gasteiger partial charge in [-0.2, -0.15) is 0 Å². The van der Waals surface area contributed by atoms with Crippen LogP contribution in [-0.4, -0.2) is 43.9 Å².